The number of hydrogen-bond donors (Lipinski definition) is 2. The number of hydrogen-bond acceptors (Lipinski definition) is 1. The van der Waals surface area contributed by atoms with Gasteiger partial charge in [0.05, 0.1) is 0 Å². The minimum Gasteiger partial charge on any atom is -0.334 e. The van der Waals surface area contributed by atoms with E-state index in [4.69, 9.17) is 0 Å². The van der Waals surface area contributed by atoms with Gasteiger partial charge in [-0.3, -0.25) is 0 Å². The number of halogens is 2. The average molecular weight is 276 g/mol. The first kappa shape index (κ1) is 14.0. The molecular formula is C15H14F2N2O. The van der Waals surface area contributed by atoms with Crippen LogP contribution >= 0.6 is 0 Å². The second kappa shape index (κ2) is 6.65. The van der Waals surface area contributed by atoms with Gasteiger partial charge in [0.1, 0.15) is 11.6 Å². The van der Waals surface area contributed by atoms with Crippen LogP contribution in [0.1, 0.15) is 11.1 Å². The molecule has 0 aliphatic carbocycles. The molecule has 2 N–H and O–H groups in total. The summed E-state index contributed by atoms with van der Waals surface area (Å²) in [7, 11) is 0. The highest BCUT2D eigenvalue weighted by Crippen LogP contribution is 2.05. The van der Waals surface area contributed by atoms with E-state index in [1.807, 2.05) is 0 Å². The van der Waals surface area contributed by atoms with Crippen molar-refractivity contribution in [3.05, 3.63) is 71.3 Å². The normalized spacial score (nSPS) is 10.1. The number of rotatable bonds is 4. The standard InChI is InChI=1S/C15H14F2N2O/c16-13-7-5-11(6-8-13)9-18-15(20)19-10-12-3-1-2-4-14(12)17/h1-8H,9-10H2,(H2,18,19,20). The van der Waals surface area contributed by atoms with E-state index in [0.717, 1.165) is 5.56 Å². The molecule has 0 saturated heterocycles. The van der Waals surface area contributed by atoms with Gasteiger partial charge in [-0.1, -0.05) is 30.3 Å². The van der Waals surface area contributed by atoms with Crippen molar-refractivity contribution < 1.29 is 13.6 Å². The van der Waals surface area contributed by atoms with E-state index in [9.17, 15) is 13.6 Å². The Hall–Kier alpha value is -2.43. The fourth-order valence-electron chi connectivity index (χ4n) is 1.66. The summed E-state index contributed by atoms with van der Waals surface area (Å²) in [5.74, 6) is -0.677. The number of urea groups is 1. The molecule has 2 aromatic rings. The molecule has 0 aliphatic heterocycles. The van der Waals surface area contributed by atoms with Gasteiger partial charge in [-0.25, -0.2) is 13.6 Å². The van der Waals surface area contributed by atoms with E-state index in [0.29, 0.717) is 5.56 Å². The SMILES string of the molecule is O=C(NCc1ccc(F)cc1)NCc1ccccc1F. The molecule has 0 atom stereocenters. The molecule has 0 bridgehead atoms. The molecule has 0 radical (unpaired) electrons. The highest BCUT2D eigenvalue weighted by molar-refractivity contribution is 5.73. The molecule has 0 heterocycles. The Morgan fingerprint density at radius 2 is 1.55 bits per heavy atom. The Morgan fingerprint density at radius 1 is 0.900 bits per heavy atom. The van der Waals surface area contributed by atoms with Crippen LogP contribution < -0.4 is 10.6 Å². The Balaban J connectivity index is 1.78. The van der Waals surface area contributed by atoms with Crippen molar-refractivity contribution in [1.29, 1.82) is 0 Å². The molecule has 20 heavy (non-hydrogen) atoms. The topological polar surface area (TPSA) is 41.1 Å². The molecule has 3 nitrogen and oxygen atoms in total. The lowest BCUT2D eigenvalue weighted by molar-refractivity contribution is 0.240. The van der Waals surface area contributed by atoms with Crippen LogP contribution in [0.15, 0.2) is 48.5 Å². The molecule has 104 valence electrons. The zero-order valence-electron chi connectivity index (χ0n) is 10.7. The monoisotopic (exact) mass is 276 g/mol. The van der Waals surface area contributed by atoms with Gasteiger partial charge in [0, 0.05) is 18.7 Å². The lowest BCUT2D eigenvalue weighted by Gasteiger charge is -2.08. The molecule has 2 aromatic carbocycles. The number of carbonyl (C=O) groups is 1. The smallest absolute Gasteiger partial charge is 0.315 e. The van der Waals surface area contributed by atoms with E-state index in [2.05, 4.69) is 10.6 Å². The van der Waals surface area contributed by atoms with E-state index in [1.165, 1.54) is 18.2 Å². The molecule has 5 heteroatoms. The molecule has 2 amide bonds. The summed E-state index contributed by atoms with van der Waals surface area (Å²) in [6.45, 7) is 0.394. The number of amides is 2. The largest absolute Gasteiger partial charge is 0.334 e. The molecule has 0 aliphatic rings. The summed E-state index contributed by atoms with van der Waals surface area (Å²) in [5.41, 5.74) is 1.21. The van der Waals surface area contributed by atoms with Gasteiger partial charge in [-0.15, -0.1) is 0 Å². The second-order valence-electron chi connectivity index (χ2n) is 4.25. The third-order valence-corrected chi connectivity index (χ3v) is 2.76. The number of carbonyl (C=O) groups excluding carboxylic acids is 1. The van der Waals surface area contributed by atoms with Gasteiger partial charge in [0.25, 0.3) is 0 Å². The number of nitrogens with one attached hydrogen (secondary N) is 2. The summed E-state index contributed by atoms with van der Waals surface area (Å²) in [5, 5.41) is 5.17. The summed E-state index contributed by atoms with van der Waals surface area (Å²) < 4.78 is 26.0. The van der Waals surface area contributed by atoms with Crippen molar-refractivity contribution in [3.63, 3.8) is 0 Å². The van der Waals surface area contributed by atoms with Crippen molar-refractivity contribution in [2.45, 2.75) is 13.1 Å². The van der Waals surface area contributed by atoms with Crippen LogP contribution in [0.25, 0.3) is 0 Å². The van der Waals surface area contributed by atoms with Gasteiger partial charge in [-0.05, 0) is 23.8 Å². The third kappa shape index (κ3) is 4.05. The van der Waals surface area contributed by atoms with Gasteiger partial charge < -0.3 is 10.6 Å². The van der Waals surface area contributed by atoms with Crippen LogP contribution in [0.3, 0.4) is 0 Å². The van der Waals surface area contributed by atoms with Crippen molar-refractivity contribution in [1.82, 2.24) is 10.6 Å². The zero-order valence-corrected chi connectivity index (χ0v) is 10.7. The number of benzene rings is 2. The minimum atomic E-state index is -0.405. The van der Waals surface area contributed by atoms with Gasteiger partial charge in [-0.2, -0.15) is 0 Å². The predicted molar refractivity (Wildman–Crippen MR) is 71.9 cm³/mol. The maximum absolute atomic E-state index is 13.3. The summed E-state index contributed by atoms with van der Waals surface area (Å²) >= 11 is 0. The first-order valence-corrected chi connectivity index (χ1v) is 6.15. The molecule has 2 rings (SSSR count). The van der Waals surface area contributed by atoms with Crippen LogP contribution in [0.2, 0.25) is 0 Å². The molecule has 0 saturated carbocycles. The lowest BCUT2D eigenvalue weighted by atomic mass is 10.2. The molecule has 0 spiro atoms. The van der Waals surface area contributed by atoms with Gasteiger partial charge >= 0.3 is 6.03 Å². The zero-order chi connectivity index (χ0) is 14.4. The third-order valence-electron chi connectivity index (χ3n) is 2.76. The maximum Gasteiger partial charge on any atom is 0.315 e. The van der Waals surface area contributed by atoms with Gasteiger partial charge in [0.15, 0.2) is 0 Å². The van der Waals surface area contributed by atoms with Crippen molar-refractivity contribution in [2.24, 2.45) is 0 Å². The van der Waals surface area contributed by atoms with E-state index in [1.54, 1.807) is 30.3 Å². The quantitative estimate of drug-likeness (QED) is 0.885. The Labute approximate surface area is 115 Å². The van der Waals surface area contributed by atoms with Gasteiger partial charge in [0.2, 0.25) is 0 Å². The fourth-order valence-corrected chi connectivity index (χ4v) is 1.66. The van der Waals surface area contributed by atoms with E-state index in [-0.39, 0.29) is 24.7 Å². The van der Waals surface area contributed by atoms with Crippen LogP contribution in [0, 0.1) is 11.6 Å². The molecule has 0 fully saturated rings. The lowest BCUT2D eigenvalue weighted by Crippen LogP contribution is -2.34. The first-order chi connectivity index (χ1) is 9.65. The Kier molecular flexibility index (Phi) is 4.65. The summed E-state index contributed by atoms with van der Waals surface area (Å²) in [6.07, 6.45) is 0. The predicted octanol–water partition coefficient (Wildman–Crippen LogP) is 2.96. The van der Waals surface area contributed by atoms with Crippen LogP contribution in [-0.4, -0.2) is 6.03 Å². The van der Waals surface area contributed by atoms with Crippen LogP contribution in [0.4, 0.5) is 13.6 Å². The molecule has 0 aromatic heterocycles. The van der Waals surface area contributed by atoms with Crippen LogP contribution in [-0.2, 0) is 13.1 Å². The van der Waals surface area contributed by atoms with Crippen molar-refractivity contribution in [3.8, 4) is 0 Å². The van der Waals surface area contributed by atoms with Crippen LogP contribution in [0.5, 0.6) is 0 Å². The highest BCUT2D eigenvalue weighted by atomic mass is 19.1. The Morgan fingerprint density at radius 3 is 2.25 bits per heavy atom. The summed E-state index contributed by atoms with van der Waals surface area (Å²) in [4.78, 5) is 11.5. The summed E-state index contributed by atoms with van der Waals surface area (Å²) in [6, 6.07) is 11.7. The first-order valence-electron chi connectivity index (χ1n) is 6.15. The van der Waals surface area contributed by atoms with E-state index >= 15 is 0 Å². The average Bonchev–Trinajstić information content (AvgIpc) is 2.46. The molecule has 0 unspecified atom stereocenters. The maximum atomic E-state index is 13.3. The van der Waals surface area contributed by atoms with E-state index < -0.39 is 6.03 Å². The van der Waals surface area contributed by atoms with Crippen molar-refractivity contribution >= 4 is 6.03 Å². The highest BCUT2D eigenvalue weighted by Gasteiger charge is 2.04. The minimum absolute atomic E-state index is 0.113. The fraction of sp³-hybridized carbons (Fsp3) is 0.133. The Bertz CT molecular complexity index is 585. The molecular weight excluding hydrogens is 262 g/mol. The second-order valence-corrected chi connectivity index (χ2v) is 4.25. The van der Waals surface area contributed by atoms with Crippen molar-refractivity contribution in [2.75, 3.05) is 0 Å².